The number of hydrogen-bond donors (Lipinski definition) is 0. The molecule has 3 aromatic carbocycles. The maximum absolute atomic E-state index is 13.7. The molecule has 3 aromatic rings. The van der Waals surface area contributed by atoms with E-state index in [4.69, 9.17) is 16.3 Å². The quantitative estimate of drug-likeness (QED) is 0.287. The average molecular weight is 534 g/mol. The van der Waals surface area contributed by atoms with Crippen LogP contribution in [0.15, 0.2) is 60.7 Å². The Hall–Kier alpha value is -3.52. The fourth-order valence-electron chi connectivity index (χ4n) is 3.82. The molecule has 196 valence electrons. The third kappa shape index (κ3) is 7.73. The van der Waals surface area contributed by atoms with Gasteiger partial charge in [-0.05, 0) is 65.9 Å². The summed E-state index contributed by atoms with van der Waals surface area (Å²) in [6, 6.07) is 15.8. The molecule has 0 unspecified atom stereocenters. The summed E-state index contributed by atoms with van der Waals surface area (Å²) >= 11 is 5.89. The van der Waals surface area contributed by atoms with Crippen molar-refractivity contribution in [2.75, 3.05) is 13.7 Å². The minimum Gasteiger partial charge on any atom is -0.469 e. The first-order chi connectivity index (χ1) is 17.5. The van der Waals surface area contributed by atoms with Gasteiger partial charge in [0.25, 0.3) is 0 Å². The molecule has 0 radical (unpaired) electrons. The van der Waals surface area contributed by atoms with Crippen molar-refractivity contribution in [3.05, 3.63) is 93.5 Å². The highest BCUT2D eigenvalue weighted by Crippen LogP contribution is 2.35. The minimum atomic E-state index is -4.60. The first-order valence-electron chi connectivity index (χ1n) is 11.5. The molecule has 9 heteroatoms. The smallest absolute Gasteiger partial charge is 0.416 e. The molecule has 0 aliphatic carbocycles. The lowest BCUT2D eigenvalue weighted by Crippen LogP contribution is -2.31. The molecular formula is C28H27ClF3NO4. The second kappa shape index (κ2) is 12.1. The number of amides is 1. The Morgan fingerprint density at radius 2 is 1.68 bits per heavy atom. The first kappa shape index (κ1) is 28.1. The predicted octanol–water partition coefficient (Wildman–Crippen LogP) is 7.21. The number of hydrogen-bond acceptors (Lipinski definition) is 4. The number of aryl methyl sites for hydroxylation is 1. The third-order valence-electron chi connectivity index (χ3n) is 5.74. The molecule has 0 heterocycles. The summed E-state index contributed by atoms with van der Waals surface area (Å²) < 4.78 is 51.1. The summed E-state index contributed by atoms with van der Waals surface area (Å²) in [4.78, 5) is 26.1. The van der Waals surface area contributed by atoms with Gasteiger partial charge in [0, 0.05) is 18.1 Å². The van der Waals surface area contributed by atoms with Crippen molar-refractivity contribution in [1.82, 2.24) is 4.90 Å². The second-order valence-corrected chi connectivity index (χ2v) is 8.96. The first-order valence-corrected chi connectivity index (χ1v) is 11.9. The fraction of sp³-hybridized carbons (Fsp3) is 0.286. The largest absolute Gasteiger partial charge is 0.469 e. The van der Waals surface area contributed by atoms with Crippen LogP contribution in [-0.2, 0) is 40.0 Å². The van der Waals surface area contributed by atoms with E-state index in [-0.39, 0.29) is 30.7 Å². The van der Waals surface area contributed by atoms with E-state index in [2.05, 4.69) is 4.74 Å². The number of esters is 1. The molecule has 0 spiro atoms. The predicted molar refractivity (Wildman–Crippen MR) is 135 cm³/mol. The third-order valence-corrected chi connectivity index (χ3v) is 6.00. The van der Waals surface area contributed by atoms with Crippen LogP contribution >= 0.6 is 11.6 Å². The van der Waals surface area contributed by atoms with E-state index in [1.165, 1.54) is 18.1 Å². The molecule has 0 N–H and O–H groups in total. The van der Waals surface area contributed by atoms with Crippen LogP contribution in [0.1, 0.15) is 34.7 Å². The van der Waals surface area contributed by atoms with Crippen molar-refractivity contribution < 1.29 is 32.2 Å². The van der Waals surface area contributed by atoms with E-state index in [1.54, 1.807) is 43.3 Å². The molecule has 0 saturated carbocycles. The van der Waals surface area contributed by atoms with Crippen molar-refractivity contribution in [2.45, 2.75) is 39.6 Å². The van der Waals surface area contributed by atoms with Crippen LogP contribution in [0.25, 0.3) is 11.1 Å². The van der Waals surface area contributed by atoms with Crippen LogP contribution < -0.4 is 0 Å². The van der Waals surface area contributed by atoms with E-state index < -0.39 is 23.8 Å². The van der Waals surface area contributed by atoms with Gasteiger partial charge in [-0.1, -0.05) is 53.6 Å². The lowest BCUT2D eigenvalue weighted by molar-refractivity contribution is -0.140. The van der Waals surface area contributed by atoms with Gasteiger partial charge in [-0.2, -0.15) is 13.2 Å². The maximum Gasteiger partial charge on any atom is 0.416 e. The molecule has 0 fully saturated rings. The van der Waals surface area contributed by atoms with E-state index in [0.29, 0.717) is 22.7 Å². The molecule has 3 rings (SSSR count). The molecular weight excluding hydrogens is 507 g/mol. The number of halogens is 4. The highest BCUT2D eigenvalue weighted by molar-refractivity contribution is 6.30. The summed E-state index contributed by atoms with van der Waals surface area (Å²) in [7, 11) is 1.18. The number of carbonyl (C=O) groups excluding carboxylic acids is 2. The summed E-state index contributed by atoms with van der Waals surface area (Å²) in [6.07, 6.45) is -5.46. The zero-order valence-corrected chi connectivity index (χ0v) is 21.4. The van der Waals surface area contributed by atoms with Gasteiger partial charge in [-0.15, -0.1) is 0 Å². The Bertz CT molecular complexity index is 1260. The van der Waals surface area contributed by atoms with Crippen LogP contribution in [-0.4, -0.2) is 30.6 Å². The lowest BCUT2D eigenvalue weighted by atomic mass is 9.93. The summed E-state index contributed by atoms with van der Waals surface area (Å²) in [5.74, 6) is -0.644. The Morgan fingerprint density at radius 1 is 0.973 bits per heavy atom. The van der Waals surface area contributed by atoms with Crippen LogP contribution in [0.2, 0.25) is 5.02 Å². The van der Waals surface area contributed by atoms with Crippen molar-refractivity contribution in [1.29, 1.82) is 0 Å². The van der Waals surface area contributed by atoms with Crippen molar-refractivity contribution in [3.8, 4) is 11.1 Å². The van der Waals surface area contributed by atoms with Crippen molar-refractivity contribution in [2.24, 2.45) is 0 Å². The van der Waals surface area contributed by atoms with Gasteiger partial charge in [-0.3, -0.25) is 4.79 Å². The maximum atomic E-state index is 13.7. The number of nitrogens with zero attached hydrogens (tertiary/aromatic N) is 1. The monoisotopic (exact) mass is 533 g/mol. The van der Waals surface area contributed by atoms with E-state index >= 15 is 0 Å². The molecule has 37 heavy (non-hydrogen) atoms. The number of ether oxygens (including phenoxy) is 2. The lowest BCUT2D eigenvalue weighted by Gasteiger charge is -2.23. The molecule has 0 saturated heterocycles. The molecule has 0 atom stereocenters. The SMILES string of the molecule is CCN(Cc1cc(C)ccc1-c1cc(CC(=O)OC)cc(C(F)(F)F)c1)C(=O)OCc1ccc(Cl)cc1. The van der Waals surface area contributed by atoms with Gasteiger partial charge >= 0.3 is 18.2 Å². The molecule has 0 aliphatic heterocycles. The summed E-state index contributed by atoms with van der Waals surface area (Å²) in [5.41, 5.74) is 2.41. The molecule has 0 bridgehead atoms. The topological polar surface area (TPSA) is 55.8 Å². The van der Waals surface area contributed by atoms with Gasteiger partial charge in [0.05, 0.1) is 19.1 Å². The van der Waals surface area contributed by atoms with Gasteiger partial charge in [0.1, 0.15) is 6.61 Å². The Morgan fingerprint density at radius 3 is 2.30 bits per heavy atom. The number of carbonyl (C=O) groups is 2. The average Bonchev–Trinajstić information content (AvgIpc) is 2.86. The highest BCUT2D eigenvalue weighted by Gasteiger charge is 2.31. The molecule has 5 nitrogen and oxygen atoms in total. The zero-order chi connectivity index (χ0) is 27.2. The minimum absolute atomic E-state index is 0.0533. The van der Waals surface area contributed by atoms with E-state index in [0.717, 1.165) is 23.3 Å². The van der Waals surface area contributed by atoms with Gasteiger partial charge in [-0.25, -0.2) is 4.79 Å². The summed E-state index contributed by atoms with van der Waals surface area (Å²) in [6.45, 7) is 4.14. The summed E-state index contributed by atoms with van der Waals surface area (Å²) in [5, 5.41) is 0.571. The van der Waals surface area contributed by atoms with E-state index in [1.807, 2.05) is 13.0 Å². The van der Waals surface area contributed by atoms with Crippen molar-refractivity contribution in [3.63, 3.8) is 0 Å². The highest BCUT2D eigenvalue weighted by atomic mass is 35.5. The van der Waals surface area contributed by atoms with Crippen LogP contribution in [0.5, 0.6) is 0 Å². The van der Waals surface area contributed by atoms with Crippen molar-refractivity contribution >= 4 is 23.7 Å². The normalized spacial score (nSPS) is 11.2. The Balaban J connectivity index is 1.92. The zero-order valence-electron chi connectivity index (χ0n) is 20.7. The number of rotatable bonds is 8. The number of benzene rings is 3. The van der Waals surface area contributed by atoms with E-state index in [9.17, 15) is 22.8 Å². The molecule has 0 aliphatic rings. The number of methoxy groups -OCH3 is 1. The van der Waals surface area contributed by atoms with Gasteiger partial charge < -0.3 is 14.4 Å². The fourth-order valence-corrected chi connectivity index (χ4v) is 3.94. The van der Waals surface area contributed by atoms with Gasteiger partial charge in [0.2, 0.25) is 0 Å². The Labute approximate surface area is 218 Å². The van der Waals surface area contributed by atoms with Gasteiger partial charge in [0.15, 0.2) is 0 Å². The molecule has 0 aromatic heterocycles. The van der Waals surface area contributed by atoms with Crippen LogP contribution in [0.4, 0.5) is 18.0 Å². The standard InChI is InChI=1S/C28H27ClF3NO4/c1-4-33(27(35)37-17-19-6-8-24(29)9-7-19)16-22-11-18(2)5-10-25(22)21-12-20(14-26(34)36-3)13-23(15-21)28(30,31)32/h5-13,15H,4,14,16-17H2,1-3H3. The Kier molecular flexibility index (Phi) is 9.21. The second-order valence-electron chi connectivity index (χ2n) is 8.53. The van der Waals surface area contributed by atoms with Crippen LogP contribution in [0.3, 0.4) is 0 Å². The number of alkyl halides is 3. The van der Waals surface area contributed by atoms with Crippen LogP contribution in [0, 0.1) is 6.92 Å². The molecule has 1 amide bonds.